The predicted molar refractivity (Wildman–Crippen MR) is 65.5 cm³/mol. The maximum atomic E-state index is 11.9. The average molecular weight is 280 g/mol. The summed E-state index contributed by atoms with van der Waals surface area (Å²) in [5.74, 6) is 0.447. The van der Waals surface area contributed by atoms with E-state index in [2.05, 4.69) is 21.2 Å². The maximum absolute atomic E-state index is 11.9. The second-order valence-corrected chi connectivity index (χ2v) is 4.18. The molecule has 1 heterocycles. The number of anilines is 1. The van der Waals surface area contributed by atoms with Crippen molar-refractivity contribution in [3.8, 4) is 0 Å². The van der Waals surface area contributed by atoms with Gasteiger partial charge in [-0.1, -0.05) is 12.1 Å². The van der Waals surface area contributed by atoms with Crippen molar-refractivity contribution in [3.05, 3.63) is 52.4 Å². The molecule has 0 aliphatic heterocycles. The number of benzene rings is 1. The lowest BCUT2D eigenvalue weighted by Gasteiger charge is -2.05. The first-order valence-corrected chi connectivity index (χ1v) is 5.58. The number of rotatable bonds is 2. The molecule has 0 unspecified atom stereocenters. The summed E-state index contributed by atoms with van der Waals surface area (Å²) in [7, 11) is 0. The standard InChI is InChI=1S/C12H10BrNO2/c1-8-9(6-7-16-8)12(15)14-11-5-3-2-4-10(11)13/h2-7H,1H3,(H,14,15). The van der Waals surface area contributed by atoms with E-state index in [0.29, 0.717) is 11.3 Å². The zero-order chi connectivity index (χ0) is 11.5. The van der Waals surface area contributed by atoms with Gasteiger partial charge < -0.3 is 9.73 Å². The van der Waals surface area contributed by atoms with Crippen molar-refractivity contribution in [1.82, 2.24) is 0 Å². The fraction of sp³-hybridized carbons (Fsp3) is 0.0833. The van der Waals surface area contributed by atoms with Gasteiger partial charge in [0.05, 0.1) is 17.5 Å². The van der Waals surface area contributed by atoms with Gasteiger partial charge in [-0.05, 0) is 41.1 Å². The molecule has 2 rings (SSSR count). The number of aryl methyl sites for hydroxylation is 1. The Morgan fingerprint density at radius 3 is 2.69 bits per heavy atom. The van der Waals surface area contributed by atoms with Gasteiger partial charge in [-0.25, -0.2) is 0 Å². The van der Waals surface area contributed by atoms with Crippen LogP contribution >= 0.6 is 15.9 Å². The monoisotopic (exact) mass is 279 g/mol. The Kier molecular flexibility index (Phi) is 3.10. The van der Waals surface area contributed by atoms with E-state index in [-0.39, 0.29) is 5.91 Å². The number of para-hydroxylation sites is 1. The Balaban J connectivity index is 2.21. The van der Waals surface area contributed by atoms with E-state index >= 15 is 0 Å². The Morgan fingerprint density at radius 1 is 1.31 bits per heavy atom. The van der Waals surface area contributed by atoms with Crippen molar-refractivity contribution in [1.29, 1.82) is 0 Å². The molecule has 0 spiro atoms. The molecule has 1 aromatic heterocycles. The number of halogens is 1. The van der Waals surface area contributed by atoms with Crippen LogP contribution in [0.4, 0.5) is 5.69 Å². The van der Waals surface area contributed by atoms with Crippen LogP contribution in [-0.4, -0.2) is 5.91 Å². The van der Waals surface area contributed by atoms with Crippen LogP contribution < -0.4 is 5.32 Å². The number of hydrogen-bond acceptors (Lipinski definition) is 2. The summed E-state index contributed by atoms with van der Waals surface area (Å²) in [4.78, 5) is 11.9. The maximum Gasteiger partial charge on any atom is 0.259 e. The minimum absolute atomic E-state index is 0.168. The first kappa shape index (κ1) is 11.0. The fourth-order valence-electron chi connectivity index (χ4n) is 1.37. The molecule has 2 aromatic rings. The lowest BCUT2D eigenvalue weighted by atomic mass is 10.2. The third kappa shape index (κ3) is 2.17. The SMILES string of the molecule is Cc1occc1C(=O)Nc1ccccc1Br. The molecule has 1 aromatic carbocycles. The van der Waals surface area contributed by atoms with E-state index in [1.54, 1.807) is 13.0 Å². The molecule has 82 valence electrons. The summed E-state index contributed by atoms with van der Waals surface area (Å²) in [5.41, 5.74) is 1.30. The Morgan fingerprint density at radius 2 is 2.06 bits per heavy atom. The Hall–Kier alpha value is -1.55. The fourth-order valence-corrected chi connectivity index (χ4v) is 1.76. The van der Waals surface area contributed by atoms with Crippen LogP contribution in [0.15, 0.2) is 45.5 Å². The van der Waals surface area contributed by atoms with Gasteiger partial charge in [0.1, 0.15) is 5.76 Å². The van der Waals surface area contributed by atoms with E-state index in [0.717, 1.165) is 10.2 Å². The van der Waals surface area contributed by atoms with E-state index in [9.17, 15) is 4.79 Å². The quantitative estimate of drug-likeness (QED) is 0.913. The lowest BCUT2D eigenvalue weighted by Crippen LogP contribution is -2.12. The number of amides is 1. The van der Waals surface area contributed by atoms with E-state index in [1.807, 2.05) is 24.3 Å². The van der Waals surface area contributed by atoms with Crippen molar-refractivity contribution in [2.24, 2.45) is 0 Å². The minimum atomic E-state index is -0.168. The summed E-state index contributed by atoms with van der Waals surface area (Å²) in [5, 5.41) is 2.81. The summed E-state index contributed by atoms with van der Waals surface area (Å²) in [6.07, 6.45) is 1.50. The van der Waals surface area contributed by atoms with Crippen LogP contribution in [0.1, 0.15) is 16.1 Å². The van der Waals surface area contributed by atoms with Gasteiger partial charge in [0.25, 0.3) is 5.91 Å². The summed E-state index contributed by atoms with van der Waals surface area (Å²) in [6.45, 7) is 1.76. The number of hydrogen-bond donors (Lipinski definition) is 1. The number of carbonyl (C=O) groups is 1. The van der Waals surface area contributed by atoms with Crippen molar-refractivity contribution >= 4 is 27.5 Å². The number of nitrogens with one attached hydrogen (secondary N) is 1. The third-order valence-corrected chi connectivity index (χ3v) is 2.92. The predicted octanol–water partition coefficient (Wildman–Crippen LogP) is 3.60. The molecule has 0 saturated carbocycles. The molecular formula is C12H10BrNO2. The van der Waals surface area contributed by atoms with Crippen LogP contribution in [0.2, 0.25) is 0 Å². The zero-order valence-electron chi connectivity index (χ0n) is 8.66. The van der Waals surface area contributed by atoms with E-state index in [4.69, 9.17) is 4.42 Å². The zero-order valence-corrected chi connectivity index (χ0v) is 10.2. The Labute approximate surface area is 102 Å². The van der Waals surface area contributed by atoms with Crippen molar-refractivity contribution < 1.29 is 9.21 Å². The highest BCUT2D eigenvalue weighted by Gasteiger charge is 2.12. The van der Waals surface area contributed by atoms with E-state index in [1.165, 1.54) is 6.26 Å². The summed E-state index contributed by atoms with van der Waals surface area (Å²) >= 11 is 3.37. The van der Waals surface area contributed by atoms with Crippen LogP contribution in [0, 0.1) is 6.92 Å². The largest absolute Gasteiger partial charge is 0.469 e. The topological polar surface area (TPSA) is 42.2 Å². The van der Waals surface area contributed by atoms with Gasteiger partial charge >= 0.3 is 0 Å². The second-order valence-electron chi connectivity index (χ2n) is 3.32. The highest BCUT2D eigenvalue weighted by atomic mass is 79.9. The van der Waals surface area contributed by atoms with Gasteiger partial charge in [-0.15, -0.1) is 0 Å². The smallest absolute Gasteiger partial charge is 0.259 e. The highest BCUT2D eigenvalue weighted by Crippen LogP contribution is 2.22. The third-order valence-electron chi connectivity index (χ3n) is 2.23. The normalized spacial score (nSPS) is 10.1. The number of carbonyl (C=O) groups excluding carboxylic acids is 1. The first-order valence-electron chi connectivity index (χ1n) is 4.78. The van der Waals surface area contributed by atoms with Gasteiger partial charge in [0, 0.05) is 4.47 Å². The summed E-state index contributed by atoms with van der Waals surface area (Å²) < 4.78 is 5.93. The molecule has 0 radical (unpaired) electrons. The van der Waals surface area contributed by atoms with Crippen LogP contribution in [0.5, 0.6) is 0 Å². The first-order chi connectivity index (χ1) is 7.68. The van der Waals surface area contributed by atoms with E-state index < -0.39 is 0 Å². The lowest BCUT2D eigenvalue weighted by molar-refractivity contribution is 0.102. The molecule has 0 saturated heterocycles. The van der Waals surface area contributed by atoms with Gasteiger partial charge in [-0.3, -0.25) is 4.79 Å². The molecule has 0 aliphatic carbocycles. The molecule has 1 amide bonds. The molecule has 16 heavy (non-hydrogen) atoms. The molecule has 0 fully saturated rings. The van der Waals surface area contributed by atoms with Gasteiger partial charge in [0.15, 0.2) is 0 Å². The molecular weight excluding hydrogens is 270 g/mol. The second kappa shape index (κ2) is 4.53. The average Bonchev–Trinajstić information content (AvgIpc) is 2.68. The van der Waals surface area contributed by atoms with Crippen LogP contribution in [-0.2, 0) is 0 Å². The Bertz CT molecular complexity index is 519. The highest BCUT2D eigenvalue weighted by molar-refractivity contribution is 9.10. The molecule has 0 atom stereocenters. The van der Waals surface area contributed by atoms with Crippen LogP contribution in [0.3, 0.4) is 0 Å². The van der Waals surface area contributed by atoms with Crippen LogP contribution in [0.25, 0.3) is 0 Å². The molecule has 4 heteroatoms. The van der Waals surface area contributed by atoms with Crippen molar-refractivity contribution in [3.63, 3.8) is 0 Å². The molecule has 0 bridgehead atoms. The molecule has 1 N–H and O–H groups in total. The van der Waals surface area contributed by atoms with Crippen molar-refractivity contribution in [2.45, 2.75) is 6.92 Å². The summed E-state index contributed by atoms with van der Waals surface area (Å²) in [6, 6.07) is 9.11. The van der Waals surface area contributed by atoms with Gasteiger partial charge in [0.2, 0.25) is 0 Å². The minimum Gasteiger partial charge on any atom is -0.469 e. The molecule has 0 aliphatic rings. The van der Waals surface area contributed by atoms with Crippen molar-refractivity contribution in [2.75, 3.05) is 5.32 Å². The van der Waals surface area contributed by atoms with Gasteiger partial charge in [-0.2, -0.15) is 0 Å². The molecule has 3 nitrogen and oxygen atoms in total. The number of furan rings is 1.